The van der Waals surface area contributed by atoms with Gasteiger partial charge in [-0.15, -0.1) is 0 Å². The zero-order valence-corrected chi connectivity index (χ0v) is 35.0. The van der Waals surface area contributed by atoms with Crippen molar-refractivity contribution in [2.45, 2.75) is 6.92 Å². The van der Waals surface area contributed by atoms with E-state index in [0.717, 1.165) is 121 Å². The molecule has 65 heavy (non-hydrogen) atoms. The average molecular weight is 834 g/mol. The van der Waals surface area contributed by atoms with E-state index < -0.39 is 0 Å². The van der Waals surface area contributed by atoms with E-state index in [4.69, 9.17) is 23.8 Å². The molecule has 0 fully saturated rings. The standard InChI is InChI=1S/C58H35N5O2/c1-34-33-42(58-60-56(35-19-5-2-6-20-35)59-57(61-58)36-21-7-3-8-22-36)47-40-27-13-17-31-45(40)65-55(47)51(34)63-44-30-16-12-26-39(44)49-53(63)48-38-25-11-15-29-43(38)62(37-23-9-4-10-24-37)52(48)50-41-28-14-18-32-46(41)64-54(49)50/h2-33H,1H3. The maximum atomic E-state index is 7.17. The Morgan fingerprint density at radius 1 is 0.385 bits per heavy atom. The van der Waals surface area contributed by atoms with Crippen LogP contribution in [0.3, 0.4) is 0 Å². The highest BCUT2D eigenvalue weighted by molar-refractivity contribution is 6.39. The van der Waals surface area contributed by atoms with Gasteiger partial charge in [-0.25, -0.2) is 15.0 Å². The van der Waals surface area contributed by atoms with Crippen molar-refractivity contribution < 1.29 is 8.83 Å². The fourth-order valence-electron chi connectivity index (χ4n) is 10.4. The lowest BCUT2D eigenvalue weighted by molar-refractivity contribution is 0.666. The van der Waals surface area contributed by atoms with Gasteiger partial charge in [0, 0.05) is 54.7 Å². The minimum Gasteiger partial charge on any atom is -0.455 e. The van der Waals surface area contributed by atoms with E-state index in [0.29, 0.717) is 17.5 Å². The van der Waals surface area contributed by atoms with Crippen molar-refractivity contribution in [1.82, 2.24) is 24.1 Å². The number of hydrogen-bond acceptors (Lipinski definition) is 5. The Hall–Kier alpha value is -8.81. The molecular formula is C58H35N5O2. The Labute approximate surface area is 371 Å². The molecule has 9 aromatic carbocycles. The minimum absolute atomic E-state index is 0.573. The summed E-state index contributed by atoms with van der Waals surface area (Å²) in [5.41, 5.74) is 13.3. The summed E-state index contributed by atoms with van der Waals surface area (Å²) in [4.78, 5) is 15.5. The van der Waals surface area contributed by atoms with Crippen molar-refractivity contribution in [3.05, 3.63) is 200 Å². The van der Waals surface area contributed by atoms with Gasteiger partial charge >= 0.3 is 0 Å². The molecule has 7 nitrogen and oxygen atoms in total. The summed E-state index contributed by atoms with van der Waals surface area (Å²) in [7, 11) is 0. The Morgan fingerprint density at radius 3 is 1.46 bits per heavy atom. The normalized spacial score (nSPS) is 12.1. The Bertz CT molecular complexity index is 4180. The van der Waals surface area contributed by atoms with Crippen molar-refractivity contribution in [2.75, 3.05) is 0 Å². The molecule has 0 radical (unpaired) electrons. The molecule has 0 N–H and O–H groups in total. The van der Waals surface area contributed by atoms with Gasteiger partial charge in [0.2, 0.25) is 0 Å². The number of aryl methyl sites for hydroxylation is 1. The Kier molecular flexibility index (Phi) is 7.48. The predicted octanol–water partition coefficient (Wildman–Crippen LogP) is 15.2. The van der Waals surface area contributed by atoms with E-state index in [1.807, 2.05) is 72.8 Å². The molecule has 0 aliphatic heterocycles. The fraction of sp³-hybridized carbons (Fsp3) is 0.0172. The van der Waals surface area contributed by atoms with Crippen LogP contribution in [0.1, 0.15) is 5.56 Å². The number of nitrogens with zero attached hydrogens (tertiary/aromatic N) is 5. The number of benzene rings is 9. The van der Waals surface area contributed by atoms with Gasteiger partial charge in [0.1, 0.15) is 16.7 Å². The monoisotopic (exact) mass is 833 g/mol. The number of para-hydroxylation sites is 5. The maximum absolute atomic E-state index is 7.17. The predicted molar refractivity (Wildman–Crippen MR) is 264 cm³/mol. The first-order chi connectivity index (χ1) is 32.2. The molecule has 14 aromatic rings. The number of aromatic nitrogens is 5. The Morgan fingerprint density at radius 2 is 0.831 bits per heavy atom. The van der Waals surface area contributed by atoms with Crippen molar-refractivity contribution in [1.29, 1.82) is 0 Å². The minimum atomic E-state index is 0.573. The molecule has 0 unspecified atom stereocenters. The molecule has 0 atom stereocenters. The summed E-state index contributed by atoms with van der Waals surface area (Å²) in [6.45, 7) is 2.17. The highest BCUT2D eigenvalue weighted by atomic mass is 16.3. The van der Waals surface area contributed by atoms with Crippen LogP contribution in [0.5, 0.6) is 0 Å². The first kappa shape index (κ1) is 35.8. The second-order valence-electron chi connectivity index (χ2n) is 16.7. The van der Waals surface area contributed by atoms with Crippen LogP contribution in [0.4, 0.5) is 0 Å². The quantitative estimate of drug-likeness (QED) is 0.173. The second kappa shape index (κ2) is 13.6. The summed E-state index contributed by atoms with van der Waals surface area (Å²) >= 11 is 0. The van der Waals surface area contributed by atoms with Crippen LogP contribution in [0.25, 0.3) is 133 Å². The third-order valence-corrected chi connectivity index (χ3v) is 13.0. The molecule has 0 aliphatic rings. The number of fused-ring (bicyclic) bond motifs is 15. The van der Waals surface area contributed by atoms with Gasteiger partial charge in [-0.2, -0.15) is 0 Å². The van der Waals surface area contributed by atoms with Crippen LogP contribution >= 0.6 is 0 Å². The molecular weight excluding hydrogens is 799 g/mol. The van der Waals surface area contributed by atoms with Gasteiger partial charge in [-0.3, -0.25) is 0 Å². The van der Waals surface area contributed by atoms with Crippen molar-refractivity contribution in [3.8, 4) is 45.5 Å². The van der Waals surface area contributed by atoms with E-state index in [9.17, 15) is 0 Å². The molecule has 0 aliphatic carbocycles. The fourth-order valence-corrected chi connectivity index (χ4v) is 10.4. The van der Waals surface area contributed by atoms with Gasteiger partial charge in [-0.05, 0) is 55.0 Å². The largest absolute Gasteiger partial charge is 0.455 e. The molecule has 5 aromatic heterocycles. The molecule has 0 saturated heterocycles. The number of rotatable bonds is 5. The molecule has 7 heteroatoms. The van der Waals surface area contributed by atoms with Crippen LogP contribution in [-0.2, 0) is 0 Å². The first-order valence-corrected chi connectivity index (χ1v) is 21.9. The molecule has 0 spiro atoms. The van der Waals surface area contributed by atoms with E-state index in [1.165, 1.54) is 0 Å². The SMILES string of the molecule is Cc1cc(-c2nc(-c3ccccc3)nc(-c3ccccc3)n2)c2c(oc3ccccc32)c1-n1c2ccccc2c2c3oc4ccccc4c3c3c(c4ccccc4n3-c3ccccc3)c21. The zero-order valence-electron chi connectivity index (χ0n) is 35.0. The average Bonchev–Trinajstić information content (AvgIpc) is 4.13. The van der Waals surface area contributed by atoms with Gasteiger partial charge in [-0.1, -0.05) is 152 Å². The van der Waals surface area contributed by atoms with Gasteiger partial charge in [0.25, 0.3) is 0 Å². The van der Waals surface area contributed by atoms with Gasteiger partial charge < -0.3 is 18.0 Å². The topological polar surface area (TPSA) is 74.8 Å². The van der Waals surface area contributed by atoms with E-state index >= 15 is 0 Å². The lowest BCUT2D eigenvalue weighted by atomic mass is 10.00. The van der Waals surface area contributed by atoms with Crippen LogP contribution in [0, 0.1) is 6.92 Å². The summed E-state index contributed by atoms with van der Waals surface area (Å²) in [5, 5.41) is 8.52. The molecule has 0 amide bonds. The van der Waals surface area contributed by atoms with Crippen molar-refractivity contribution in [3.63, 3.8) is 0 Å². The van der Waals surface area contributed by atoms with Crippen molar-refractivity contribution in [2.24, 2.45) is 0 Å². The number of hydrogen-bond donors (Lipinski definition) is 0. The van der Waals surface area contributed by atoms with Gasteiger partial charge in [0.15, 0.2) is 23.1 Å². The summed E-state index contributed by atoms with van der Waals surface area (Å²) in [6, 6.07) is 67.3. The Balaban J connectivity index is 1.18. The third-order valence-electron chi connectivity index (χ3n) is 13.0. The summed E-state index contributed by atoms with van der Waals surface area (Å²) < 4.78 is 19.1. The van der Waals surface area contributed by atoms with Crippen LogP contribution in [0.15, 0.2) is 203 Å². The maximum Gasteiger partial charge on any atom is 0.164 e. The van der Waals surface area contributed by atoms with Crippen LogP contribution in [-0.4, -0.2) is 24.1 Å². The number of furan rings is 2. The molecule has 14 rings (SSSR count). The van der Waals surface area contributed by atoms with E-state index in [2.05, 4.69) is 137 Å². The lowest BCUT2D eigenvalue weighted by Gasteiger charge is -2.16. The van der Waals surface area contributed by atoms with Crippen LogP contribution < -0.4 is 0 Å². The smallest absolute Gasteiger partial charge is 0.164 e. The highest BCUT2D eigenvalue weighted by Gasteiger charge is 2.30. The zero-order chi connectivity index (χ0) is 42.8. The van der Waals surface area contributed by atoms with Crippen molar-refractivity contribution >= 4 is 87.5 Å². The molecule has 0 bridgehead atoms. The lowest BCUT2D eigenvalue weighted by Crippen LogP contribution is -2.03. The van der Waals surface area contributed by atoms with Gasteiger partial charge in [0.05, 0.1) is 38.5 Å². The molecule has 0 saturated carbocycles. The third kappa shape index (κ3) is 5.09. The first-order valence-electron chi connectivity index (χ1n) is 21.9. The summed E-state index contributed by atoms with van der Waals surface area (Å²) in [5.74, 6) is 1.78. The summed E-state index contributed by atoms with van der Waals surface area (Å²) in [6.07, 6.45) is 0. The second-order valence-corrected chi connectivity index (χ2v) is 16.7. The van der Waals surface area contributed by atoms with E-state index in [-0.39, 0.29) is 0 Å². The highest BCUT2D eigenvalue weighted by Crippen LogP contribution is 2.51. The van der Waals surface area contributed by atoms with Crippen LogP contribution in [0.2, 0.25) is 0 Å². The molecule has 304 valence electrons. The molecule has 5 heterocycles. The van der Waals surface area contributed by atoms with E-state index in [1.54, 1.807) is 0 Å².